The van der Waals surface area contributed by atoms with Gasteiger partial charge in [-0.3, -0.25) is 4.79 Å². The van der Waals surface area contributed by atoms with Crippen molar-refractivity contribution in [2.24, 2.45) is 0 Å². The van der Waals surface area contributed by atoms with Gasteiger partial charge in [-0.25, -0.2) is 9.78 Å². The fraction of sp³-hybridized carbons (Fsp3) is 0.179. The van der Waals surface area contributed by atoms with Gasteiger partial charge in [0.05, 0.1) is 28.7 Å². The minimum Gasteiger partial charge on any atom is -0.478 e. The zero-order valence-electron chi connectivity index (χ0n) is 19.7. The molecule has 8 heteroatoms. The lowest BCUT2D eigenvalue weighted by Crippen LogP contribution is -2.26. The zero-order chi connectivity index (χ0) is 25.1. The minimum absolute atomic E-state index is 0.0638. The molecule has 0 spiro atoms. The lowest BCUT2D eigenvalue weighted by Gasteiger charge is -2.12. The predicted molar refractivity (Wildman–Crippen MR) is 136 cm³/mol. The van der Waals surface area contributed by atoms with Gasteiger partial charge in [-0.2, -0.15) is 4.98 Å². The molecule has 0 atom stereocenters. The molecule has 0 radical (unpaired) electrons. The van der Waals surface area contributed by atoms with Crippen LogP contribution in [0.25, 0.3) is 33.9 Å². The number of aromatic carboxylic acids is 1. The number of para-hydroxylation sites is 2. The van der Waals surface area contributed by atoms with Crippen LogP contribution in [0.1, 0.15) is 41.4 Å². The van der Waals surface area contributed by atoms with Crippen LogP contribution < -0.4 is 5.56 Å². The molecule has 180 valence electrons. The molecular weight excluding hydrogens is 456 g/mol. The Balaban J connectivity index is 1.44. The molecule has 5 rings (SSSR count). The van der Waals surface area contributed by atoms with Crippen molar-refractivity contribution in [1.82, 2.24) is 19.7 Å². The Labute approximate surface area is 206 Å². The summed E-state index contributed by atoms with van der Waals surface area (Å²) in [7, 11) is 0. The number of fused-ring (bicyclic) bond motifs is 1. The van der Waals surface area contributed by atoms with Gasteiger partial charge in [0, 0.05) is 5.56 Å². The molecule has 0 aliphatic carbocycles. The molecule has 0 aliphatic heterocycles. The molecule has 2 heterocycles. The van der Waals surface area contributed by atoms with Gasteiger partial charge in [-0.05, 0) is 42.7 Å². The summed E-state index contributed by atoms with van der Waals surface area (Å²) in [6.45, 7) is 2.50. The number of carboxylic acid groups (broad SMARTS) is 1. The molecule has 0 unspecified atom stereocenters. The molecule has 8 nitrogen and oxygen atoms in total. The van der Waals surface area contributed by atoms with Crippen LogP contribution in [0.2, 0.25) is 0 Å². The molecule has 0 aliphatic rings. The number of rotatable bonds is 8. The highest BCUT2D eigenvalue weighted by Crippen LogP contribution is 2.25. The number of unbranched alkanes of at least 4 members (excludes halogenated alkanes) is 1. The largest absolute Gasteiger partial charge is 0.478 e. The van der Waals surface area contributed by atoms with E-state index >= 15 is 0 Å². The summed E-state index contributed by atoms with van der Waals surface area (Å²) in [4.78, 5) is 33.8. The number of hydrogen-bond acceptors (Lipinski definition) is 6. The lowest BCUT2D eigenvalue weighted by atomic mass is 10.1. The molecule has 2 aromatic heterocycles. The van der Waals surface area contributed by atoms with Gasteiger partial charge in [-0.1, -0.05) is 67.0 Å². The van der Waals surface area contributed by atoms with E-state index in [1.165, 1.54) is 6.07 Å². The number of aryl methyl sites for hydroxylation is 1. The van der Waals surface area contributed by atoms with E-state index in [1.54, 1.807) is 22.8 Å². The van der Waals surface area contributed by atoms with E-state index in [4.69, 9.17) is 4.52 Å². The first-order valence-corrected chi connectivity index (χ1v) is 11.8. The average Bonchev–Trinajstić information content (AvgIpc) is 3.40. The van der Waals surface area contributed by atoms with Crippen molar-refractivity contribution in [2.75, 3.05) is 0 Å². The van der Waals surface area contributed by atoms with Crippen molar-refractivity contribution in [1.29, 1.82) is 0 Å². The van der Waals surface area contributed by atoms with Gasteiger partial charge < -0.3 is 14.2 Å². The van der Waals surface area contributed by atoms with Crippen LogP contribution in [-0.4, -0.2) is 30.8 Å². The normalized spacial score (nSPS) is 11.1. The first kappa shape index (κ1) is 23.2. The second-order valence-electron chi connectivity index (χ2n) is 8.51. The molecule has 36 heavy (non-hydrogen) atoms. The van der Waals surface area contributed by atoms with Crippen LogP contribution in [0.5, 0.6) is 0 Å². The number of aromatic nitrogens is 4. The van der Waals surface area contributed by atoms with Crippen molar-refractivity contribution >= 4 is 17.0 Å². The Hall–Kier alpha value is -4.59. The summed E-state index contributed by atoms with van der Waals surface area (Å²) in [6.07, 6.45) is 2.57. The molecule has 0 fully saturated rings. The summed E-state index contributed by atoms with van der Waals surface area (Å²) < 4.78 is 7.13. The average molecular weight is 481 g/mol. The van der Waals surface area contributed by atoms with E-state index in [0.717, 1.165) is 35.0 Å². The van der Waals surface area contributed by atoms with Gasteiger partial charge in [-0.15, -0.1) is 0 Å². The third-order valence-electron chi connectivity index (χ3n) is 6.05. The van der Waals surface area contributed by atoms with E-state index in [9.17, 15) is 14.7 Å². The predicted octanol–water partition coefficient (Wildman–Crippen LogP) is 5.20. The molecule has 0 bridgehead atoms. The van der Waals surface area contributed by atoms with Crippen LogP contribution in [0.4, 0.5) is 0 Å². The van der Waals surface area contributed by atoms with Gasteiger partial charge in [0.15, 0.2) is 0 Å². The molecule has 0 saturated heterocycles. The Bertz CT molecular complexity index is 1600. The second-order valence-corrected chi connectivity index (χ2v) is 8.51. The van der Waals surface area contributed by atoms with Gasteiger partial charge in [0.1, 0.15) is 5.69 Å². The smallest absolute Gasteiger partial charge is 0.336 e. The monoisotopic (exact) mass is 480 g/mol. The maximum absolute atomic E-state index is 13.2. The minimum atomic E-state index is -1.06. The molecule has 1 N–H and O–H groups in total. The standard InChI is InChI=1S/C28H24N4O4/c1-2-3-10-23-27(33)32(24-12-7-6-11-22(24)29-23)17-18-13-15-19(16-14-18)25-30-26(36-31-25)20-8-4-5-9-21(20)28(34)35/h4-9,11-16H,2-3,10,17H2,1H3,(H,34,35). The van der Waals surface area contributed by atoms with Crippen molar-refractivity contribution in [2.45, 2.75) is 32.7 Å². The molecule has 3 aromatic carbocycles. The third kappa shape index (κ3) is 4.53. The fourth-order valence-electron chi connectivity index (χ4n) is 4.16. The number of carboxylic acids is 1. The van der Waals surface area contributed by atoms with Crippen LogP contribution in [0.3, 0.4) is 0 Å². The number of nitrogens with zero attached hydrogens (tertiary/aromatic N) is 4. The molecular formula is C28H24N4O4. The van der Waals surface area contributed by atoms with Crippen molar-refractivity contribution < 1.29 is 14.4 Å². The zero-order valence-corrected chi connectivity index (χ0v) is 19.7. The number of benzene rings is 3. The first-order chi connectivity index (χ1) is 17.5. The Morgan fingerprint density at radius 2 is 1.72 bits per heavy atom. The first-order valence-electron chi connectivity index (χ1n) is 11.8. The van der Waals surface area contributed by atoms with Crippen LogP contribution in [0.15, 0.2) is 82.1 Å². The number of hydrogen-bond donors (Lipinski definition) is 1. The third-order valence-corrected chi connectivity index (χ3v) is 6.05. The quantitative estimate of drug-likeness (QED) is 0.325. The fourth-order valence-corrected chi connectivity index (χ4v) is 4.16. The number of carbonyl (C=O) groups is 1. The van der Waals surface area contributed by atoms with Crippen LogP contribution in [0, 0.1) is 0 Å². The van der Waals surface area contributed by atoms with E-state index in [0.29, 0.717) is 30.0 Å². The van der Waals surface area contributed by atoms with Crippen molar-refractivity contribution in [3.05, 3.63) is 100.0 Å². The van der Waals surface area contributed by atoms with Gasteiger partial charge >= 0.3 is 5.97 Å². The summed E-state index contributed by atoms with van der Waals surface area (Å²) in [5.41, 5.74) is 4.25. The van der Waals surface area contributed by atoms with Gasteiger partial charge in [0.2, 0.25) is 5.82 Å². The summed E-state index contributed by atoms with van der Waals surface area (Å²) in [6, 6.07) is 21.7. The Kier molecular flexibility index (Phi) is 6.40. The maximum atomic E-state index is 13.2. The van der Waals surface area contributed by atoms with E-state index in [1.807, 2.05) is 48.5 Å². The van der Waals surface area contributed by atoms with E-state index in [-0.39, 0.29) is 17.0 Å². The summed E-state index contributed by atoms with van der Waals surface area (Å²) in [5, 5.41) is 13.5. The Morgan fingerprint density at radius 1 is 0.972 bits per heavy atom. The molecule has 5 aromatic rings. The van der Waals surface area contributed by atoms with Gasteiger partial charge in [0.25, 0.3) is 11.4 Å². The van der Waals surface area contributed by atoms with Crippen molar-refractivity contribution in [3.8, 4) is 22.8 Å². The molecule has 0 saturated carbocycles. The van der Waals surface area contributed by atoms with Crippen LogP contribution >= 0.6 is 0 Å². The second kappa shape index (κ2) is 9.95. The highest BCUT2D eigenvalue weighted by atomic mass is 16.5. The summed E-state index contributed by atoms with van der Waals surface area (Å²) >= 11 is 0. The highest BCUT2D eigenvalue weighted by Gasteiger charge is 2.17. The van der Waals surface area contributed by atoms with Crippen LogP contribution in [-0.2, 0) is 13.0 Å². The highest BCUT2D eigenvalue weighted by molar-refractivity contribution is 5.94. The Morgan fingerprint density at radius 3 is 2.50 bits per heavy atom. The van der Waals surface area contributed by atoms with E-state index < -0.39 is 5.97 Å². The summed E-state index contributed by atoms with van der Waals surface area (Å²) in [5.74, 6) is -0.571. The molecule has 0 amide bonds. The topological polar surface area (TPSA) is 111 Å². The lowest BCUT2D eigenvalue weighted by molar-refractivity contribution is 0.0697. The SMILES string of the molecule is CCCCc1nc2ccccc2n(Cc2ccc(-c3noc(-c4ccccc4C(=O)O)n3)cc2)c1=O. The maximum Gasteiger partial charge on any atom is 0.336 e. The van der Waals surface area contributed by atoms with Crippen molar-refractivity contribution in [3.63, 3.8) is 0 Å². The van der Waals surface area contributed by atoms with E-state index in [2.05, 4.69) is 22.0 Å².